The summed E-state index contributed by atoms with van der Waals surface area (Å²) in [4.78, 5) is 46.4. The van der Waals surface area contributed by atoms with E-state index >= 15 is 0 Å². The lowest BCUT2D eigenvalue weighted by Gasteiger charge is -2.12. The van der Waals surface area contributed by atoms with E-state index in [1.165, 1.54) is 36.4 Å². The standard InChI is InChI=1S/C16H10Cl2N2O7/c17-7-3-1-5-9(19-15(23)24)11(7)13(21)27-14(22)12-8(18)4-2-6-10(12)20-16(25)26/h1-6,19-20H,(H,23,24)(H,25,26). The molecule has 0 heterocycles. The molecule has 11 heteroatoms. The largest absolute Gasteiger partial charge is 0.465 e. The first-order chi connectivity index (χ1) is 12.7. The van der Waals surface area contributed by atoms with Crippen LogP contribution in [0.2, 0.25) is 10.0 Å². The van der Waals surface area contributed by atoms with Crippen molar-refractivity contribution in [3.8, 4) is 0 Å². The maximum Gasteiger partial charge on any atom is 0.409 e. The summed E-state index contributed by atoms with van der Waals surface area (Å²) in [6.07, 6.45) is -2.92. The lowest BCUT2D eigenvalue weighted by Crippen LogP contribution is -2.19. The molecule has 0 aliphatic rings. The fraction of sp³-hybridized carbons (Fsp3) is 0. The molecule has 0 saturated heterocycles. The molecule has 27 heavy (non-hydrogen) atoms. The summed E-state index contributed by atoms with van der Waals surface area (Å²) >= 11 is 11.8. The van der Waals surface area contributed by atoms with Gasteiger partial charge in [0.05, 0.1) is 21.4 Å². The molecule has 2 aromatic rings. The molecule has 4 N–H and O–H groups in total. The van der Waals surface area contributed by atoms with Crippen molar-refractivity contribution in [3.05, 3.63) is 57.6 Å². The molecule has 0 fully saturated rings. The van der Waals surface area contributed by atoms with Crippen LogP contribution < -0.4 is 10.6 Å². The Kier molecular flexibility index (Phi) is 6.22. The van der Waals surface area contributed by atoms with Gasteiger partial charge in [0.25, 0.3) is 0 Å². The van der Waals surface area contributed by atoms with Crippen molar-refractivity contribution < 1.29 is 34.1 Å². The van der Waals surface area contributed by atoms with Crippen molar-refractivity contribution >= 4 is 58.7 Å². The van der Waals surface area contributed by atoms with Gasteiger partial charge in [0.15, 0.2) is 0 Å². The summed E-state index contributed by atoms with van der Waals surface area (Å²) in [7, 11) is 0. The van der Waals surface area contributed by atoms with Crippen molar-refractivity contribution in [1.29, 1.82) is 0 Å². The summed E-state index contributed by atoms with van der Waals surface area (Å²) < 4.78 is 4.72. The van der Waals surface area contributed by atoms with Gasteiger partial charge in [-0.2, -0.15) is 0 Å². The third kappa shape index (κ3) is 4.87. The molecule has 9 nitrogen and oxygen atoms in total. The van der Waals surface area contributed by atoms with E-state index in [0.717, 1.165) is 0 Å². The van der Waals surface area contributed by atoms with E-state index in [4.69, 9.17) is 38.2 Å². The third-order valence-corrected chi connectivity index (χ3v) is 3.73. The predicted molar refractivity (Wildman–Crippen MR) is 95.9 cm³/mol. The second kappa shape index (κ2) is 8.39. The number of halogens is 2. The molecule has 0 saturated carbocycles. The summed E-state index contributed by atoms with van der Waals surface area (Å²) in [5.41, 5.74) is -1.18. The smallest absolute Gasteiger partial charge is 0.409 e. The average Bonchev–Trinajstić information content (AvgIpc) is 2.53. The molecule has 0 aliphatic carbocycles. The maximum absolute atomic E-state index is 12.4. The minimum Gasteiger partial charge on any atom is -0.465 e. The van der Waals surface area contributed by atoms with E-state index in [-0.39, 0.29) is 21.4 Å². The van der Waals surface area contributed by atoms with E-state index in [9.17, 15) is 19.2 Å². The second-order valence-electron chi connectivity index (χ2n) is 4.86. The Hall–Kier alpha value is -3.30. The Morgan fingerprint density at radius 1 is 0.741 bits per heavy atom. The lowest BCUT2D eigenvalue weighted by molar-refractivity contribution is 0.0399. The molecule has 140 valence electrons. The van der Waals surface area contributed by atoms with Gasteiger partial charge < -0.3 is 14.9 Å². The Bertz CT molecular complexity index is 871. The van der Waals surface area contributed by atoms with Crippen LogP contribution in [0.3, 0.4) is 0 Å². The van der Waals surface area contributed by atoms with Crippen LogP contribution in [-0.4, -0.2) is 34.3 Å². The van der Waals surface area contributed by atoms with Gasteiger partial charge in [-0.15, -0.1) is 0 Å². The first kappa shape index (κ1) is 20.0. The number of carbonyl (C=O) groups excluding carboxylic acids is 2. The van der Waals surface area contributed by atoms with Crippen molar-refractivity contribution in [3.63, 3.8) is 0 Å². The zero-order chi connectivity index (χ0) is 20.1. The average molecular weight is 413 g/mol. The predicted octanol–water partition coefficient (Wildman–Crippen LogP) is 4.17. The van der Waals surface area contributed by atoms with Crippen LogP contribution in [0.25, 0.3) is 0 Å². The zero-order valence-corrected chi connectivity index (χ0v) is 14.7. The number of ether oxygens (including phenoxy) is 1. The van der Waals surface area contributed by atoms with Crippen molar-refractivity contribution in [2.75, 3.05) is 10.6 Å². The van der Waals surface area contributed by atoms with Crippen LogP contribution in [0.4, 0.5) is 21.0 Å². The van der Waals surface area contributed by atoms with Crippen LogP contribution in [-0.2, 0) is 4.74 Å². The van der Waals surface area contributed by atoms with Crippen LogP contribution in [0.1, 0.15) is 20.7 Å². The van der Waals surface area contributed by atoms with Crippen LogP contribution in [0, 0.1) is 0 Å². The Morgan fingerprint density at radius 3 is 1.44 bits per heavy atom. The molecule has 0 unspecified atom stereocenters. The Morgan fingerprint density at radius 2 is 1.11 bits per heavy atom. The highest BCUT2D eigenvalue weighted by molar-refractivity contribution is 6.36. The molecular weight excluding hydrogens is 403 g/mol. The molecule has 0 spiro atoms. The number of esters is 2. The van der Waals surface area contributed by atoms with Gasteiger partial charge in [-0.05, 0) is 24.3 Å². The number of carboxylic acid groups (broad SMARTS) is 2. The second-order valence-corrected chi connectivity index (χ2v) is 5.68. The summed E-state index contributed by atoms with van der Waals surface area (Å²) in [5, 5.41) is 21.2. The maximum atomic E-state index is 12.4. The highest BCUT2D eigenvalue weighted by Gasteiger charge is 2.25. The van der Waals surface area contributed by atoms with E-state index in [1.807, 2.05) is 10.6 Å². The highest BCUT2D eigenvalue weighted by Crippen LogP contribution is 2.28. The first-order valence-corrected chi connectivity index (χ1v) is 7.79. The Labute approximate surface area is 161 Å². The van der Waals surface area contributed by atoms with Crippen molar-refractivity contribution in [2.24, 2.45) is 0 Å². The molecule has 0 aliphatic heterocycles. The van der Waals surface area contributed by atoms with E-state index in [1.54, 1.807) is 0 Å². The first-order valence-electron chi connectivity index (χ1n) is 7.04. The topological polar surface area (TPSA) is 142 Å². The lowest BCUT2D eigenvalue weighted by atomic mass is 10.1. The van der Waals surface area contributed by atoms with Crippen LogP contribution in [0.5, 0.6) is 0 Å². The number of hydrogen-bond acceptors (Lipinski definition) is 5. The van der Waals surface area contributed by atoms with Gasteiger partial charge in [0, 0.05) is 0 Å². The molecular formula is C16H10Cl2N2O7. The van der Waals surface area contributed by atoms with Crippen molar-refractivity contribution in [2.45, 2.75) is 0 Å². The summed E-state index contributed by atoms with van der Waals surface area (Å²) in [6, 6.07) is 7.84. The Balaban J connectivity index is 2.37. The monoisotopic (exact) mass is 412 g/mol. The number of carbonyl (C=O) groups is 4. The van der Waals surface area contributed by atoms with Gasteiger partial charge in [0.1, 0.15) is 11.1 Å². The molecule has 0 aromatic heterocycles. The van der Waals surface area contributed by atoms with E-state index in [2.05, 4.69) is 0 Å². The number of nitrogens with one attached hydrogen (secondary N) is 2. The fourth-order valence-corrected chi connectivity index (χ4v) is 2.59. The minimum absolute atomic E-state index is 0.165. The summed E-state index contributed by atoms with van der Waals surface area (Å²) in [6.45, 7) is 0. The van der Waals surface area contributed by atoms with E-state index < -0.39 is 35.3 Å². The van der Waals surface area contributed by atoms with Crippen LogP contribution in [0.15, 0.2) is 36.4 Å². The number of benzene rings is 2. The fourth-order valence-electron chi connectivity index (χ4n) is 2.09. The number of amides is 2. The number of anilines is 2. The molecule has 0 bridgehead atoms. The van der Waals surface area contributed by atoms with Gasteiger partial charge in [-0.3, -0.25) is 10.6 Å². The van der Waals surface area contributed by atoms with Gasteiger partial charge >= 0.3 is 24.1 Å². The van der Waals surface area contributed by atoms with Gasteiger partial charge in [-0.1, -0.05) is 35.3 Å². The zero-order valence-electron chi connectivity index (χ0n) is 13.2. The number of rotatable bonds is 4. The van der Waals surface area contributed by atoms with Crippen molar-refractivity contribution in [1.82, 2.24) is 0 Å². The van der Waals surface area contributed by atoms with Gasteiger partial charge in [0.2, 0.25) is 0 Å². The minimum atomic E-state index is -1.46. The van der Waals surface area contributed by atoms with Crippen LogP contribution >= 0.6 is 23.2 Å². The number of hydrogen-bond donors (Lipinski definition) is 4. The molecule has 2 aromatic carbocycles. The molecule has 0 radical (unpaired) electrons. The third-order valence-electron chi connectivity index (χ3n) is 3.10. The van der Waals surface area contributed by atoms with E-state index in [0.29, 0.717) is 0 Å². The van der Waals surface area contributed by atoms with Gasteiger partial charge in [-0.25, -0.2) is 19.2 Å². The quantitative estimate of drug-likeness (QED) is 0.435. The normalized spacial score (nSPS) is 10.0. The molecule has 0 atom stereocenters. The molecule has 2 rings (SSSR count). The highest BCUT2D eigenvalue weighted by atomic mass is 35.5. The molecule has 2 amide bonds. The SMILES string of the molecule is O=C(O)Nc1cccc(Cl)c1C(=O)OC(=O)c1c(Cl)cccc1NC(=O)O. The summed E-state index contributed by atoms with van der Waals surface area (Å²) in [5.74, 6) is -2.51.